The second-order valence-electron chi connectivity index (χ2n) is 3.35. The molecule has 0 aliphatic carbocycles. The maximum Gasteiger partial charge on any atom is 0.166 e. The fourth-order valence-corrected chi connectivity index (χ4v) is 1.21. The average Bonchev–Trinajstić information content (AvgIpc) is 1.81. The van der Waals surface area contributed by atoms with Crippen LogP contribution in [0.2, 0.25) is 0 Å². The van der Waals surface area contributed by atoms with Gasteiger partial charge in [-0.25, -0.2) is 0 Å². The van der Waals surface area contributed by atoms with E-state index in [1.54, 1.807) is 0 Å². The number of hydrogen-bond donors (Lipinski definition) is 0. The second-order valence-corrected chi connectivity index (χ2v) is 3.35. The normalized spacial score (nSPS) is 32.0. The van der Waals surface area contributed by atoms with Gasteiger partial charge in [0.1, 0.15) is 5.60 Å². The summed E-state index contributed by atoms with van der Waals surface area (Å²) in [7, 11) is 0. The van der Waals surface area contributed by atoms with Crippen molar-refractivity contribution >= 4 is 5.78 Å². The summed E-state index contributed by atoms with van der Waals surface area (Å²) in [5, 5.41) is 0. The van der Waals surface area contributed by atoms with Gasteiger partial charge >= 0.3 is 0 Å². The van der Waals surface area contributed by atoms with E-state index in [1.807, 2.05) is 20.8 Å². The molecule has 0 amide bonds. The first-order valence-electron chi connectivity index (χ1n) is 3.74. The van der Waals surface area contributed by atoms with Crippen molar-refractivity contribution in [1.29, 1.82) is 0 Å². The number of ketones is 1. The van der Waals surface area contributed by atoms with E-state index in [-0.39, 0.29) is 11.7 Å². The van der Waals surface area contributed by atoms with Gasteiger partial charge in [-0.1, -0.05) is 13.8 Å². The summed E-state index contributed by atoms with van der Waals surface area (Å²) in [6.07, 6.45) is 0.893. The van der Waals surface area contributed by atoms with Crippen LogP contribution in [0.5, 0.6) is 0 Å². The number of rotatable bonds is 2. The molecule has 0 radical (unpaired) electrons. The zero-order valence-electron chi connectivity index (χ0n) is 6.81. The largest absolute Gasteiger partial charge is 0.367 e. The first kappa shape index (κ1) is 7.73. The van der Waals surface area contributed by atoms with Gasteiger partial charge in [-0.05, 0) is 6.92 Å². The molecule has 10 heavy (non-hydrogen) atoms. The summed E-state index contributed by atoms with van der Waals surface area (Å²) < 4.78 is 5.19. The van der Waals surface area contributed by atoms with Gasteiger partial charge in [-0.15, -0.1) is 0 Å². The molecule has 1 aliphatic rings. The molecule has 1 heterocycles. The molecule has 0 spiro atoms. The Hall–Kier alpha value is -0.370. The van der Waals surface area contributed by atoms with Gasteiger partial charge in [-0.3, -0.25) is 4.79 Å². The van der Waals surface area contributed by atoms with Crippen LogP contribution in [0.1, 0.15) is 27.2 Å². The van der Waals surface area contributed by atoms with Gasteiger partial charge in [0.15, 0.2) is 5.78 Å². The molecular formula is C8H14O2. The number of carbonyl (C=O) groups excluding carboxylic acids is 1. The molecule has 0 bridgehead atoms. The summed E-state index contributed by atoms with van der Waals surface area (Å²) in [4.78, 5) is 11.3. The lowest BCUT2D eigenvalue weighted by atomic mass is 9.86. The molecular weight excluding hydrogens is 128 g/mol. The molecule has 1 aliphatic heterocycles. The van der Waals surface area contributed by atoms with Crippen LogP contribution in [0.4, 0.5) is 0 Å². The van der Waals surface area contributed by atoms with Crippen molar-refractivity contribution in [2.45, 2.75) is 32.8 Å². The van der Waals surface area contributed by atoms with E-state index in [0.717, 1.165) is 13.0 Å². The molecule has 0 saturated carbocycles. The maximum absolute atomic E-state index is 11.3. The van der Waals surface area contributed by atoms with E-state index in [4.69, 9.17) is 4.74 Å². The van der Waals surface area contributed by atoms with E-state index in [9.17, 15) is 4.79 Å². The molecule has 58 valence electrons. The number of Topliss-reactive ketones (excluding diaryl/α,β-unsaturated/α-hetero) is 1. The second kappa shape index (κ2) is 2.35. The van der Waals surface area contributed by atoms with E-state index < -0.39 is 5.60 Å². The minimum atomic E-state index is -0.436. The Morgan fingerprint density at radius 2 is 2.10 bits per heavy atom. The standard InChI is InChI=1S/C8H14O2/c1-6(2)7(9)8(3)4-5-10-8/h6H,4-5H2,1-3H3. The molecule has 0 aromatic heterocycles. The topological polar surface area (TPSA) is 26.3 Å². The Morgan fingerprint density at radius 1 is 1.60 bits per heavy atom. The van der Waals surface area contributed by atoms with Crippen LogP contribution in [0.15, 0.2) is 0 Å². The van der Waals surface area contributed by atoms with E-state index in [0.29, 0.717) is 0 Å². The van der Waals surface area contributed by atoms with Crippen molar-refractivity contribution < 1.29 is 9.53 Å². The lowest BCUT2D eigenvalue weighted by molar-refractivity contribution is -0.171. The summed E-state index contributed by atoms with van der Waals surface area (Å²) in [6.45, 7) is 6.44. The molecule has 2 heteroatoms. The van der Waals surface area contributed by atoms with Crippen molar-refractivity contribution in [3.05, 3.63) is 0 Å². The van der Waals surface area contributed by atoms with E-state index in [2.05, 4.69) is 0 Å². The molecule has 1 saturated heterocycles. The van der Waals surface area contributed by atoms with Crippen LogP contribution >= 0.6 is 0 Å². The van der Waals surface area contributed by atoms with Gasteiger partial charge in [0.2, 0.25) is 0 Å². The Bertz CT molecular complexity index is 145. The highest BCUT2D eigenvalue weighted by Gasteiger charge is 2.41. The molecule has 0 N–H and O–H groups in total. The smallest absolute Gasteiger partial charge is 0.166 e. The molecule has 1 atom stereocenters. The Balaban J connectivity index is 2.55. The average molecular weight is 142 g/mol. The van der Waals surface area contributed by atoms with Crippen LogP contribution in [-0.4, -0.2) is 18.0 Å². The number of hydrogen-bond acceptors (Lipinski definition) is 2. The Kier molecular flexibility index (Phi) is 1.82. The third-order valence-electron chi connectivity index (χ3n) is 2.05. The van der Waals surface area contributed by atoms with Gasteiger partial charge in [-0.2, -0.15) is 0 Å². The summed E-state index contributed by atoms with van der Waals surface area (Å²) in [5.74, 6) is 0.337. The molecule has 1 rings (SSSR count). The van der Waals surface area contributed by atoms with Crippen molar-refractivity contribution in [1.82, 2.24) is 0 Å². The SMILES string of the molecule is CC(C)C(=O)C1(C)CCO1. The number of carbonyl (C=O) groups is 1. The zero-order chi connectivity index (χ0) is 7.78. The predicted molar refractivity (Wildman–Crippen MR) is 38.8 cm³/mol. The molecule has 1 unspecified atom stereocenters. The molecule has 0 aromatic rings. The number of ether oxygens (including phenoxy) is 1. The lowest BCUT2D eigenvalue weighted by Gasteiger charge is -2.38. The zero-order valence-corrected chi connectivity index (χ0v) is 6.81. The van der Waals surface area contributed by atoms with Crippen LogP contribution in [0.25, 0.3) is 0 Å². The highest BCUT2D eigenvalue weighted by atomic mass is 16.5. The molecule has 2 nitrogen and oxygen atoms in total. The van der Waals surface area contributed by atoms with E-state index in [1.165, 1.54) is 0 Å². The summed E-state index contributed by atoms with van der Waals surface area (Å²) in [6, 6.07) is 0. The fraction of sp³-hybridized carbons (Fsp3) is 0.875. The van der Waals surface area contributed by atoms with Gasteiger partial charge in [0.05, 0.1) is 6.61 Å². The van der Waals surface area contributed by atoms with Crippen molar-refractivity contribution in [2.75, 3.05) is 6.61 Å². The van der Waals surface area contributed by atoms with Crippen LogP contribution in [0.3, 0.4) is 0 Å². The first-order valence-corrected chi connectivity index (χ1v) is 3.74. The first-order chi connectivity index (χ1) is 4.56. The minimum absolute atomic E-state index is 0.102. The predicted octanol–water partition coefficient (Wildman–Crippen LogP) is 1.39. The Labute approximate surface area is 61.6 Å². The van der Waals surface area contributed by atoms with Crippen molar-refractivity contribution in [3.63, 3.8) is 0 Å². The van der Waals surface area contributed by atoms with Gasteiger partial charge < -0.3 is 4.74 Å². The third kappa shape index (κ3) is 1.08. The Morgan fingerprint density at radius 3 is 2.20 bits per heavy atom. The van der Waals surface area contributed by atoms with Crippen LogP contribution in [0, 0.1) is 5.92 Å². The van der Waals surface area contributed by atoms with Crippen LogP contribution < -0.4 is 0 Å². The minimum Gasteiger partial charge on any atom is -0.367 e. The van der Waals surface area contributed by atoms with E-state index >= 15 is 0 Å². The van der Waals surface area contributed by atoms with Gasteiger partial charge in [0, 0.05) is 12.3 Å². The molecule has 1 fully saturated rings. The highest BCUT2D eigenvalue weighted by molar-refractivity contribution is 5.89. The monoisotopic (exact) mass is 142 g/mol. The van der Waals surface area contributed by atoms with Gasteiger partial charge in [0.25, 0.3) is 0 Å². The van der Waals surface area contributed by atoms with Crippen molar-refractivity contribution in [3.8, 4) is 0 Å². The van der Waals surface area contributed by atoms with Crippen molar-refractivity contribution in [2.24, 2.45) is 5.92 Å². The quantitative estimate of drug-likeness (QED) is 0.582. The maximum atomic E-state index is 11.3. The highest BCUT2D eigenvalue weighted by Crippen LogP contribution is 2.29. The summed E-state index contributed by atoms with van der Waals surface area (Å²) in [5.41, 5.74) is -0.436. The van der Waals surface area contributed by atoms with Crippen LogP contribution in [-0.2, 0) is 9.53 Å². The summed E-state index contributed by atoms with van der Waals surface area (Å²) >= 11 is 0. The lowest BCUT2D eigenvalue weighted by Crippen LogP contribution is -2.49. The molecule has 0 aromatic carbocycles. The third-order valence-corrected chi connectivity index (χ3v) is 2.05. The fourth-order valence-electron chi connectivity index (χ4n) is 1.21.